The number of nitrogens with one attached hydrogen (secondary N) is 1. The molecular weight excluding hydrogens is 232 g/mol. The molecule has 0 aromatic heterocycles. The molecule has 0 aromatic rings. The van der Waals surface area contributed by atoms with Crippen LogP contribution in [0.15, 0.2) is 0 Å². The van der Waals surface area contributed by atoms with Crippen molar-refractivity contribution >= 4 is 11.9 Å². The van der Waals surface area contributed by atoms with E-state index in [0.717, 1.165) is 32.5 Å². The van der Waals surface area contributed by atoms with Crippen LogP contribution in [0.25, 0.3) is 0 Å². The molecule has 2 aliphatic rings. The van der Waals surface area contributed by atoms with Crippen molar-refractivity contribution in [2.45, 2.75) is 44.6 Å². The fourth-order valence-electron chi connectivity index (χ4n) is 2.57. The highest BCUT2D eigenvalue weighted by molar-refractivity contribution is 5.77. The van der Waals surface area contributed by atoms with Gasteiger partial charge in [-0.3, -0.25) is 9.59 Å². The lowest BCUT2D eigenvalue weighted by Gasteiger charge is -2.18. The summed E-state index contributed by atoms with van der Waals surface area (Å²) in [5.74, 6) is -0.441. The Morgan fingerprint density at radius 1 is 1.28 bits per heavy atom. The predicted octanol–water partition coefficient (Wildman–Crippen LogP) is 0.842. The first-order valence-corrected chi connectivity index (χ1v) is 6.88. The summed E-state index contributed by atoms with van der Waals surface area (Å²) in [5, 5.41) is 11.7. The molecule has 1 heterocycles. The molecule has 2 rings (SSSR count). The second-order valence-corrected chi connectivity index (χ2v) is 5.41. The average Bonchev–Trinajstić information content (AvgIpc) is 3.02. The zero-order valence-corrected chi connectivity index (χ0v) is 10.7. The van der Waals surface area contributed by atoms with Gasteiger partial charge in [0.2, 0.25) is 5.91 Å². The minimum atomic E-state index is -0.827. The van der Waals surface area contributed by atoms with Crippen LogP contribution in [0.3, 0.4) is 0 Å². The van der Waals surface area contributed by atoms with Crippen molar-refractivity contribution in [3.05, 3.63) is 0 Å². The Hall–Kier alpha value is -1.10. The summed E-state index contributed by atoms with van der Waals surface area (Å²) in [4.78, 5) is 24.8. The van der Waals surface area contributed by atoms with E-state index in [4.69, 9.17) is 5.11 Å². The summed E-state index contributed by atoms with van der Waals surface area (Å²) in [7, 11) is 0. The van der Waals surface area contributed by atoms with Crippen LogP contribution >= 0.6 is 0 Å². The largest absolute Gasteiger partial charge is 0.481 e. The smallest absolute Gasteiger partial charge is 0.305 e. The van der Waals surface area contributed by atoms with Gasteiger partial charge in [-0.2, -0.15) is 0 Å². The second-order valence-electron chi connectivity index (χ2n) is 5.41. The third kappa shape index (κ3) is 4.29. The molecule has 102 valence electrons. The third-order valence-electron chi connectivity index (χ3n) is 3.79. The van der Waals surface area contributed by atoms with Gasteiger partial charge in [0, 0.05) is 19.0 Å². The van der Waals surface area contributed by atoms with Crippen LogP contribution in [-0.4, -0.2) is 47.6 Å². The SMILES string of the molecule is O=C(O)CC(NC(=O)CCN1CCCC1)C1CC1. The quantitative estimate of drug-likeness (QED) is 0.706. The standard InChI is InChI=1S/C13H22N2O3/c16-12(5-8-15-6-1-2-7-15)14-11(9-13(17)18)10-3-4-10/h10-11H,1-9H2,(H,14,16)(H,17,18). The number of carbonyl (C=O) groups excluding carboxylic acids is 1. The molecule has 0 bridgehead atoms. The molecule has 1 saturated carbocycles. The van der Waals surface area contributed by atoms with E-state index in [2.05, 4.69) is 10.2 Å². The molecule has 2 N–H and O–H groups in total. The molecule has 1 aliphatic carbocycles. The summed E-state index contributed by atoms with van der Waals surface area (Å²) in [6, 6.07) is -0.159. The molecule has 1 aliphatic heterocycles. The van der Waals surface area contributed by atoms with Crippen LogP contribution in [0.2, 0.25) is 0 Å². The average molecular weight is 254 g/mol. The number of carboxylic acids is 1. The molecule has 5 nitrogen and oxygen atoms in total. The van der Waals surface area contributed by atoms with Crippen molar-refractivity contribution in [3.8, 4) is 0 Å². The van der Waals surface area contributed by atoms with Crippen LogP contribution in [0.5, 0.6) is 0 Å². The lowest BCUT2D eigenvalue weighted by atomic mass is 10.1. The Balaban J connectivity index is 1.68. The summed E-state index contributed by atoms with van der Waals surface area (Å²) in [6.07, 6.45) is 5.09. The molecular formula is C13H22N2O3. The van der Waals surface area contributed by atoms with Crippen LogP contribution in [0.4, 0.5) is 0 Å². The van der Waals surface area contributed by atoms with E-state index < -0.39 is 5.97 Å². The maximum Gasteiger partial charge on any atom is 0.305 e. The Morgan fingerprint density at radius 3 is 2.50 bits per heavy atom. The Bertz CT molecular complexity index is 309. The van der Waals surface area contributed by atoms with Gasteiger partial charge in [-0.1, -0.05) is 0 Å². The number of carbonyl (C=O) groups is 2. The molecule has 5 heteroatoms. The number of nitrogens with zero attached hydrogens (tertiary/aromatic N) is 1. The summed E-state index contributed by atoms with van der Waals surface area (Å²) in [6.45, 7) is 2.99. The van der Waals surface area contributed by atoms with E-state index in [1.54, 1.807) is 0 Å². The normalized spacial score (nSPS) is 21.8. The minimum absolute atomic E-state index is 0.0000463. The first kappa shape index (κ1) is 13.3. The van der Waals surface area contributed by atoms with E-state index >= 15 is 0 Å². The number of amides is 1. The van der Waals surface area contributed by atoms with Gasteiger partial charge in [-0.25, -0.2) is 0 Å². The third-order valence-corrected chi connectivity index (χ3v) is 3.79. The van der Waals surface area contributed by atoms with Gasteiger partial charge < -0.3 is 15.3 Å². The highest BCUT2D eigenvalue weighted by atomic mass is 16.4. The van der Waals surface area contributed by atoms with Crippen molar-refractivity contribution in [2.75, 3.05) is 19.6 Å². The van der Waals surface area contributed by atoms with Crippen LogP contribution in [0, 0.1) is 5.92 Å². The van der Waals surface area contributed by atoms with Gasteiger partial charge in [0.25, 0.3) is 0 Å². The number of hydrogen-bond donors (Lipinski definition) is 2. The van der Waals surface area contributed by atoms with Gasteiger partial charge >= 0.3 is 5.97 Å². The first-order valence-electron chi connectivity index (χ1n) is 6.88. The molecule has 0 aromatic carbocycles. The molecule has 1 amide bonds. The number of hydrogen-bond acceptors (Lipinski definition) is 3. The molecule has 0 radical (unpaired) electrons. The van der Waals surface area contributed by atoms with Crippen LogP contribution in [0.1, 0.15) is 38.5 Å². The van der Waals surface area contributed by atoms with Crippen LogP contribution < -0.4 is 5.32 Å². The molecule has 2 fully saturated rings. The highest BCUT2D eigenvalue weighted by Crippen LogP contribution is 2.34. The van der Waals surface area contributed by atoms with E-state index in [1.807, 2.05) is 0 Å². The summed E-state index contributed by atoms with van der Waals surface area (Å²) in [5.41, 5.74) is 0. The lowest BCUT2D eigenvalue weighted by molar-refractivity contribution is -0.137. The maximum absolute atomic E-state index is 11.8. The van der Waals surface area contributed by atoms with E-state index in [-0.39, 0.29) is 18.4 Å². The predicted molar refractivity (Wildman–Crippen MR) is 67.2 cm³/mol. The second kappa shape index (κ2) is 6.18. The van der Waals surface area contributed by atoms with Crippen molar-refractivity contribution < 1.29 is 14.7 Å². The highest BCUT2D eigenvalue weighted by Gasteiger charge is 2.33. The van der Waals surface area contributed by atoms with E-state index in [1.165, 1.54) is 12.8 Å². The number of carboxylic acid groups (broad SMARTS) is 1. The van der Waals surface area contributed by atoms with Gasteiger partial charge in [0.1, 0.15) is 0 Å². The van der Waals surface area contributed by atoms with E-state index in [9.17, 15) is 9.59 Å². The number of likely N-dealkylation sites (tertiary alicyclic amines) is 1. The lowest BCUT2D eigenvalue weighted by Crippen LogP contribution is -2.39. The Labute approximate surface area is 108 Å². The number of rotatable bonds is 7. The Kier molecular flexibility index (Phi) is 4.58. The topological polar surface area (TPSA) is 69.6 Å². The van der Waals surface area contributed by atoms with Crippen LogP contribution in [-0.2, 0) is 9.59 Å². The van der Waals surface area contributed by atoms with Crippen molar-refractivity contribution in [3.63, 3.8) is 0 Å². The monoisotopic (exact) mass is 254 g/mol. The van der Waals surface area contributed by atoms with Crippen molar-refractivity contribution in [2.24, 2.45) is 5.92 Å². The minimum Gasteiger partial charge on any atom is -0.481 e. The van der Waals surface area contributed by atoms with Gasteiger partial charge in [-0.15, -0.1) is 0 Å². The summed E-state index contributed by atoms with van der Waals surface area (Å²) < 4.78 is 0. The van der Waals surface area contributed by atoms with Gasteiger partial charge in [0.05, 0.1) is 6.42 Å². The zero-order valence-electron chi connectivity index (χ0n) is 10.7. The maximum atomic E-state index is 11.8. The van der Waals surface area contributed by atoms with Crippen molar-refractivity contribution in [1.29, 1.82) is 0 Å². The molecule has 1 unspecified atom stereocenters. The van der Waals surface area contributed by atoms with Gasteiger partial charge in [-0.05, 0) is 44.7 Å². The molecule has 1 saturated heterocycles. The Morgan fingerprint density at radius 2 is 1.94 bits per heavy atom. The zero-order chi connectivity index (χ0) is 13.0. The van der Waals surface area contributed by atoms with E-state index in [0.29, 0.717) is 12.3 Å². The fourth-order valence-corrected chi connectivity index (χ4v) is 2.57. The fraction of sp³-hybridized carbons (Fsp3) is 0.846. The molecule has 0 spiro atoms. The first-order chi connectivity index (χ1) is 8.65. The summed E-state index contributed by atoms with van der Waals surface area (Å²) >= 11 is 0. The molecule has 1 atom stereocenters. The molecule has 18 heavy (non-hydrogen) atoms. The van der Waals surface area contributed by atoms with Gasteiger partial charge in [0.15, 0.2) is 0 Å². The van der Waals surface area contributed by atoms with Crippen molar-refractivity contribution in [1.82, 2.24) is 10.2 Å². The number of aliphatic carboxylic acids is 1.